The molecule has 2 amide bonds. The molecule has 0 bridgehead atoms. The molecule has 0 aliphatic heterocycles. The number of urea groups is 1. The molecule has 3 rings (SSSR count). The summed E-state index contributed by atoms with van der Waals surface area (Å²) < 4.78 is 5.52. The highest BCUT2D eigenvalue weighted by atomic mass is 16.3. The second-order valence-electron chi connectivity index (χ2n) is 8.52. The molecule has 1 aromatic heterocycles. The van der Waals surface area contributed by atoms with Crippen LogP contribution in [0.1, 0.15) is 63.3 Å². The van der Waals surface area contributed by atoms with Crippen molar-refractivity contribution in [2.75, 3.05) is 0 Å². The van der Waals surface area contributed by atoms with E-state index in [2.05, 4.69) is 23.3 Å². The standard InChI is InChI=1S/C24H32N2O2/c1-17(2)18-10-7-11-20(15-18)24(3,4)26-23(27)25-22-13-6-5-9-19(22)16-21-12-8-14-28-21/h7-8,10-12,14-15,19,22H,1,5-6,9,13,16H2,2-4H3,(H2,25,26,27)/t19-,22-/m0/s1. The molecule has 0 saturated heterocycles. The monoisotopic (exact) mass is 380 g/mol. The van der Waals surface area contributed by atoms with Crippen LogP contribution in [-0.4, -0.2) is 12.1 Å². The molecule has 2 N–H and O–H groups in total. The van der Waals surface area contributed by atoms with Crippen LogP contribution in [0.2, 0.25) is 0 Å². The molecule has 1 heterocycles. The molecule has 150 valence electrons. The molecule has 1 fully saturated rings. The smallest absolute Gasteiger partial charge is 0.315 e. The summed E-state index contributed by atoms with van der Waals surface area (Å²) in [7, 11) is 0. The number of nitrogens with one attached hydrogen (secondary N) is 2. The van der Waals surface area contributed by atoms with Crippen molar-refractivity contribution in [3.8, 4) is 0 Å². The maximum Gasteiger partial charge on any atom is 0.315 e. The van der Waals surface area contributed by atoms with E-state index in [4.69, 9.17) is 4.42 Å². The van der Waals surface area contributed by atoms with Gasteiger partial charge in [-0.25, -0.2) is 4.79 Å². The van der Waals surface area contributed by atoms with Gasteiger partial charge in [-0.15, -0.1) is 0 Å². The Balaban J connectivity index is 1.64. The molecule has 1 aliphatic carbocycles. The zero-order valence-corrected chi connectivity index (χ0v) is 17.3. The van der Waals surface area contributed by atoms with Crippen molar-refractivity contribution in [2.45, 2.75) is 64.5 Å². The zero-order chi connectivity index (χ0) is 20.1. The lowest BCUT2D eigenvalue weighted by Gasteiger charge is -2.34. The van der Waals surface area contributed by atoms with Gasteiger partial charge in [0.1, 0.15) is 5.76 Å². The highest BCUT2D eigenvalue weighted by Crippen LogP contribution is 2.28. The summed E-state index contributed by atoms with van der Waals surface area (Å²) >= 11 is 0. The number of benzene rings is 1. The number of amides is 2. The molecule has 28 heavy (non-hydrogen) atoms. The van der Waals surface area contributed by atoms with Crippen LogP contribution in [0.5, 0.6) is 0 Å². The fourth-order valence-corrected chi connectivity index (χ4v) is 4.06. The van der Waals surface area contributed by atoms with Gasteiger partial charge in [0.2, 0.25) is 0 Å². The first-order valence-corrected chi connectivity index (χ1v) is 10.2. The van der Waals surface area contributed by atoms with Crippen molar-refractivity contribution in [3.63, 3.8) is 0 Å². The Morgan fingerprint density at radius 2 is 2.00 bits per heavy atom. The maximum absolute atomic E-state index is 12.8. The van der Waals surface area contributed by atoms with E-state index >= 15 is 0 Å². The molecule has 1 aliphatic rings. The minimum absolute atomic E-state index is 0.109. The molecule has 0 unspecified atom stereocenters. The van der Waals surface area contributed by atoms with Crippen molar-refractivity contribution < 1.29 is 9.21 Å². The number of carbonyl (C=O) groups is 1. The SMILES string of the molecule is C=C(C)c1cccc(C(C)(C)NC(=O)N[C@H]2CCCC[C@H]2Cc2ccco2)c1. The average molecular weight is 381 g/mol. The van der Waals surface area contributed by atoms with Gasteiger partial charge >= 0.3 is 6.03 Å². The quantitative estimate of drug-likeness (QED) is 0.680. The Labute approximate surface area is 168 Å². The first kappa shape index (κ1) is 20.2. The van der Waals surface area contributed by atoms with Crippen LogP contribution >= 0.6 is 0 Å². The lowest BCUT2D eigenvalue weighted by Crippen LogP contribution is -2.52. The van der Waals surface area contributed by atoms with Crippen LogP contribution in [0, 0.1) is 5.92 Å². The van der Waals surface area contributed by atoms with Gasteiger partial charge in [0.25, 0.3) is 0 Å². The molecule has 0 spiro atoms. The van der Waals surface area contributed by atoms with Crippen LogP contribution in [0.15, 0.2) is 53.7 Å². The lowest BCUT2D eigenvalue weighted by atomic mass is 9.82. The second kappa shape index (κ2) is 8.68. The van der Waals surface area contributed by atoms with Crippen LogP contribution in [0.4, 0.5) is 4.79 Å². The minimum Gasteiger partial charge on any atom is -0.469 e. The van der Waals surface area contributed by atoms with Gasteiger partial charge in [0.15, 0.2) is 0 Å². The summed E-state index contributed by atoms with van der Waals surface area (Å²) in [6.07, 6.45) is 7.10. The van der Waals surface area contributed by atoms with E-state index in [0.717, 1.165) is 48.1 Å². The molecule has 4 heteroatoms. The summed E-state index contributed by atoms with van der Waals surface area (Å²) in [5.74, 6) is 1.41. The van der Waals surface area contributed by atoms with Gasteiger partial charge in [0, 0.05) is 12.5 Å². The van der Waals surface area contributed by atoms with E-state index in [-0.39, 0.29) is 12.1 Å². The van der Waals surface area contributed by atoms with E-state index < -0.39 is 5.54 Å². The first-order valence-electron chi connectivity index (χ1n) is 10.2. The number of rotatable bonds is 6. The fraction of sp³-hybridized carbons (Fsp3) is 0.458. The lowest BCUT2D eigenvalue weighted by molar-refractivity contribution is 0.206. The van der Waals surface area contributed by atoms with Crippen LogP contribution < -0.4 is 10.6 Å². The summed E-state index contributed by atoms with van der Waals surface area (Å²) in [6, 6.07) is 12.2. The van der Waals surface area contributed by atoms with E-state index in [9.17, 15) is 4.79 Å². The zero-order valence-electron chi connectivity index (χ0n) is 17.3. The third-order valence-electron chi connectivity index (χ3n) is 5.77. The van der Waals surface area contributed by atoms with Gasteiger partial charge in [-0.05, 0) is 68.9 Å². The van der Waals surface area contributed by atoms with Crippen molar-refractivity contribution in [3.05, 3.63) is 66.1 Å². The summed E-state index contributed by atoms with van der Waals surface area (Å²) in [5, 5.41) is 6.40. The molecule has 0 radical (unpaired) electrons. The van der Waals surface area contributed by atoms with Crippen molar-refractivity contribution >= 4 is 11.6 Å². The normalized spacial score (nSPS) is 19.8. The Kier molecular flexibility index (Phi) is 6.28. The van der Waals surface area contributed by atoms with Gasteiger partial charge in [-0.2, -0.15) is 0 Å². The molecule has 2 aromatic rings. The average Bonchev–Trinajstić information content (AvgIpc) is 3.16. The Morgan fingerprint density at radius 3 is 2.71 bits per heavy atom. The highest BCUT2D eigenvalue weighted by molar-refractivity contribution is 5.75. The number of furan rings is 1. The Hall–Kier alpha value is -2.49. The minimum atomic E-state index is -0.472. The second-order valence-corrected chi connectivity index (χ2v) is 8.52. The highest BCUT2D eigenvalue weighted by Gasteiger charge is 2.29. The molecule has 1 aromatic carbocycles. The topological polar surface area (TPSA) is 54.3 Å². The Bertz CT molecular complexity index is 808. The summed E-state index contributed by atoms with van der Waals surface area (Å²) in [4.78, 5) is 12.8. The van der Waals surface area contributed by atoms with E-state index in [0.29, 0.717) is 5.92 Å². The van der Waals surface area contributed by atoms with Gasteiger partial charge in [-0.1, -0.05) is 43.2 Å². The predicted octanol–water partition coefficient (Wildman–Crippen LogP) is 5.65. The van der Waals surface area contributed by atoms with Crippen LogP contribution in [-0.2, 0) is 12.0 Å². The van der Waals surface area contributed by atoms with Crippen LogP contribution in [0.25, 0.3) is 5.57 Å². The largest absolute Gasteiger partial charge is 0.469 e. The number of hydrogen-bond donors (Lipinski definition) is 2. The number of allylic oxidation sites excluding steroid dienone is 1. The Morgan fingerprint density at radius 1 is 1.21 bits per heavy atom. The molecule has 2 atom stereocenters. The van der Waals surface area contributed by atoms with Gasteiger partial charge in [0.05, 0.1) is 11.8 Å². The third-order valence-corrected chi connectivity index (χ3v) is 5.77. The van der Waals surface area contributed by atoms with E-state index in [1.807, 2.05) is 51.1 Å². The van der Waals surface area contributed by atoms with Crippen molar-refractivity contribution in [1.82, 2.24) is 10.6 Å². The summed E-state index contributed by atoms with van der Waals surface area (Å²) in [6.45, 7) is 10.1. The number of carbonyl (C=O) groups excluding carboxylic acids is 1. The maximum atomic E-state index is 12.8. The summed E-state index contributed by atoms with van der Waals surface area (Å²) in [5.41, 5.74) is 2.71. The van der Waals surface area contributed by atoms with Crippen molar-refractivity contribution in [1.29, 1.82) is 0 Å². The van der Waals surface area contributed by atoms with E-state index in [1.165, 1.54) is 6.42 Å². The molecular formula is C24H32N2O2. The molecular weight excluding hydrogens is 348 g/mol. The van der Waals surface area contributed by atoms with E-state index in [1.54, 1.807) is 6.26 Å². The predicted molar refractivity (Wildman–Crippen MR) is 114 cm³/mol. The third kappa shape index (κ3) is 5.06. The van der Waals surface area contributed by atoms with Gasteiger partial charge < -0.3 is 15.1 Å². The van der Waals surface area contributed by atoms with Crippen molar-refractivity contribution in [2.24, 2.45) is 5.92 Å². The van der Waals surface area contributed by atoms with Gasteiger partial charge in [-0.3, -0.25) is 0 Å². The van der Waals surface area contributed by atoms with Crippen LogP contribution in [0.3, 0.4) is 0 Å². The number of hydrogen-bond acceptors (Lipinski definition) is 2. The first-order chi connectivity index (χ1) is 13.3. The fourth-order valence-electron chi connectivity index (χ4n) is 4.06. The molecule has 1 saturated carbocycles. The molecule has 4 nitrogen and oxygen atoms in total.